The molecule has 4 rings (SSSR count). The van der Waals surface area contributed by atoms with Crippen molar-refractivity contribution in [2.75, 3.05) is 46.3 Å². The third-order valence-electron chi connectivity index (χ3n) is 7.52. The van der Waals surface area contributed by atoms with Crippen LogP contribution in [0.1, 0.15) is 64.2 Å². The molecule has 0 aromatic heterocycles. The highest BCUT2D eigenvalue weighted by molar-refractivity contribution is 5.82. The van der Waals surface area contributed by atoms with Gasteiger partial charge in [0.25, 0.3) is 0 Å². The van der Waals surface area contributed by atoms with Crippen LogP contribution in [-0.2, 0) is 9.53 Å². The number of hydrogen-bond donors (Lipinski definition) is 1. The minimum absolute atomic E-state index is 0.00664. The average Bonchev–Trinajstić information content (AvgIpc) is 3.38. The molecule has 2 amide bonds. The number of likely N-dealkylation sites (tertiary alicyclic amines) is 1. The summed E-state index contributed by atoms with van der Waals surface area (Å²) in [5.41, 5.74) is -0.383. The first-order valence-electron chi connectivity index (χ1n) is 11.8. The Morgan fingerprint density at radius 1 is 1.17 bits per heavy atom. The lowest BCUT2D eigenvalue weighted by molar-refractivity contribution is -0.136. The van der Waals surface area contributed by atoms with Crippen LogP contribution >= 0.6 is 0 Å². The van der Waals surface area contributed by atoms with Crippen molar-refractivity contribution >= 4 is 12.0 Å². The number of rotatable bonds is 6. The second kappa shape index (κ2) is 9.21. The summed E-state index contributed by atoms with van der Waals surface area (Å²) < 4.78 is 5.85. The lowest BCUT2D eigenvalue weighted by Crippen LogP contribution is -2.52. The van der Waals surface area contributed by atoms with E-state index in [0.717, 1.165) is 57.8 Å². The van der Waals surface area contributed by atoms with Gasteiger partial charge in [-0.15, -0.1) is 0 Å². The van der Waals surface area contributed by atoms with Gasteiger partial charge < -0.3 is 24.8 Å². The summed E-state index contributed by atoms with van der Waals surface area (Å²) in [5.74, 6) is 0.226. The summed E-state index contributed by atoms with van der Waals surface area (Å²) in [4.78, 5) is 31.4. The highest BCUT2D eigenvalue weighted by Crippen LogP contribution is 2.33. The number of nitrogens with one attached hydrogen (secondary N) is 1. The molecule has 1 spiro atoms. The highest BCUT2D eigenvalue weighted by atomic mass is 16.6. The molecule has 0 bridgehead atoms. The predicted molar refractivity (Wildman–Crippen MR) is 112 cm³/mol. The molecule has 3 heterocycles. The van der Waals surface area contributed by atoms with E-state index in [2.05, 4.69) is 17.3 Å². The summed E-state index contributed by atoms with van der Waals surface area (Å²) in [6.07, 6.45) is 11.1. The van der Waals surface area contributed by atoms with E-state index in [1.807, 2.05) is 9.80 Å². The van der Waals surface area contributed by atoms with Crippen LogP contribution in [0.15, 0.2) is 0 Å². The van der Waals surface area contributed by atoms with Crippen LogP contribution in [0.3, 0.4) is 0 Å². The van der Waals surface area contributed by atoms with E-state index in [1.54, 1.807) is 0 Å². The summed E-state index contributed by atoms with van der Waals surface area (Å²) >= 11 is 0. The zero-order valence-electron chi connectivity index (χ0n) is 18.0. The molecule has 7 nitrogen and oxygen atoms in total. The van der Waals surface area contributed by atoms with Gasteiger partial charge in [-0.1, -0.05) is 19.3 Å². The molecule has 4 aliphatic rings. The van der Waals surface area contributed by atoms with Crippen molar-refractivity contribution in [2.24, 2.45) is 0 Å². The molecule has 164 valence electrons. The summed E-state index contributed by atoms with van der Waals surface area (Å²) in [7, 11) is 2.23. The number of amides is 2. The zero-order valence-corrected chi connectivity index (χ0v) is 18.0. The molecule has 0 radical (unpaired) electrons. The number of carbonyl (C=O) groups is 2. The van der Waals surface area contributed by atoms with Gasteiger partial charge in [-0.05, 0) is 52.2 Å². The molecular formula is C22H38N4O3. The first-order valence-corrected chi connectivity index (χ1v) is 11.8. The Hall–Kier alpha value is -1.34. The third-order valence-corrected chi connectivity index (χ3v) is 7.52. The predicted octanol–water partition coefficient (Wildman–Crippen LogP) is 2.21. The largest absolute Gasteiger partial charge is 0.441 e. The van der Waals surface area contributed by atoms with Crippen molar-refractivity contribution < 1.29 is 14.3 Å². The third kappa shape index (κ3) is 4.88. The van der Waals surface area contributed by atoms with Crippen molar-refractivity contribution in [3.63, 3.8) is 0 Å². The van der Waals surface area contributed by atoms with Crippen LogP contribution in [0.4, 0.5) is 4.79 Å². The number of carbonyl (C=O) groups excluding carboxylic acids is 2. The molecule has 3 aliphatic heterocycles. The van der Waals surface area contributed by atoms with E-state index in [4.69, 9.17) is 4.74 Å². The molecule has 1 atom stereocenters. The van der Waals surface area contributed by atoms with Gasteiger partial charge in [0.15, 0.2) is 0 Å². The number of piperidine rings is 1. The molecule has 1 N–H and O–H groups in total. The molecule has 0 aromatic carbocycles. The quantitative estimate of drug-likeness (QED) is 0.733. The van der Waals surface area contributed by atoms with Gasteiger partial charge in [0.1, 0.15) is 5.60 Å². The first kappa shape index (κ1) is 20.9. The van der Waals surface area contributed by atoms with Crippen LogP contribution in [0.5, 0.6) is 0 Å². The van der Waals surface area contributed by atoms with E-state index in [-0.39, 0.29) is 23.6 Å². The normalized spacial score (nSPS) is 27.8. The van der Waals surface area contributed by atoms with Gasteiger partial charge in [0.05, 0.1) is 12.6 Å². The lowest BCUT2D eigenvalue weighted by atomic mass is 9.91. The van der Waals surface area contributed by atoms with E-state index >= 15 is 0 Å². The summed E-state index contributed by atoms with van der Waals surface area (Å²) in [6.45, 7) is 4.83. The van der Waals surface area contributed by atoms with Crippen LogP contribution in [0, 0.1) is 0 Å². The topological polar surface area (TPSA) is 65.1 Å². The van der Waals surface area contributed by atoms with Crippen LogP contribution in [0.2, 0.25) is 0 Å². The summed E-state index contributed by atoms with van der Waals surface area (Å²) in [6, 6.07) is 0.713. The zero-order chi connectivity index (χ0) is 20.3. The first-order chi connectivity index (χ1) is 14.1. The molecule has 4 fully saturated rings. The Labute approximate surface area is 175 Å². The van der Waals surface area contributed by atoms with Gasteiger partial charge in [0, 0.05) is 38.5 Å². The van der Waals surface area contributed by atoms with Crippen LogP contribution in [-0.4, -0.2) is 90.7 Å². The van der Waals surface area contributed by atoms with Crippen molar-refractivity contribution in [2.45, 2.75) is 81.9 Å². The summed E-state index contributed by atoms with van der Waals surface area (Å²) in [5, 5.41) is 3.30. The SMILES string of the molecule is CN(CCCN1CC2(CCN(C(=O)[C@H]3CCCN3)CC2)OC1=O)C1CCCCC1. The second-order valence-corrected chi connectivity index (χ2v) is 9.57. The fourth-order valence-corrected chi connectivity index (χ4v) is 5.59. The molecule has 1 saturated carbocycles. The van der Waals surface area contributed by atoms with Crippen LogP contribution in [0.25, 0.3) is 0 Å². The Morgan fingerprint density at radius 3 is 2.62 bits per heavy atom. The minimum Gasteiger partial charge on any atom is -0.441 e. The van der Waals surface area contributed by atoms with Crippen molar-refractivity contribution in [1.82, 2.24) is 20.0 Å². The number of ether oxygens (including phenoxy) is 1. The maximum Gasteiger partial charge on any atom is 0.410 e. The van der Waals surface area contributed by atoms with E-state index in [0.29, 0.717) is 19.6 Å². The Balaban J connectivity index is 1.20. The van der Waals surface area contributed by atoms with Crippen molar-refractivity contribution in [3.05, 3.63) is 0 Å². The smallest absolute Gasteiger partial charge is 0.410 e. The maximum absolute atomic E-state index is 12.6. The van der Waals surface area contributed by atoms with E-state index in [1.165, 1.54) is 32.1 Å². The van der Waals surface area contributed by atoms with E-state index in [9.17, 15) is 9.59 Å². The van der Waals surface area contributed by atoms with Gasteiger partial charge >= 0.3 is 6.09 Å². The lowest BCUT2D eigenvalue weighted by Gasteiger charge is -2.38. The maximum atomic E-state index is 12.6. The fraction of sp³-hybridized carbons (Fsp3) is 0.909. The number of nitrogens with zero attached hydrogens (tertiary/aromatic N) is 3. The van der Waals surface area contributed by atoms with Crippen molar-refractivity contribution in [3.8, 4) is 0 Å². The highest BCUT2D eigenvalue weighted by Gasteiger charge is 2.47. The molecule has 0 unspecified atom stereocenters. The molecule has 0 aromatic rings. The molecule has 7 heteroatoms. The average molecular weight is 407 g/mol. The van der Waals surface area contributed by atoms with Gasteiger partial charge in [-0.2, -0.15) is 0 Å². The fourth-order valence-electron chi connectivity index (χ4n) is 5.59. The molecular weight excluding hydrogens is 368 g/mol. The van der Waals surface area contributed by atoms with Gasteiger partial charge in [-0.25, -0.2) is 4.79 Å². The number of hydrogen-bond acceptors (Lipinski definition) is 5. The van der Waals surface area contributed by atoms with Crippen molar-refractivity contribution in [1.29, 1.82) is 0 Å². The second-order valence-electron chi connectivity index (χ2n) is 9.57. The standard InChI is InChI=1S/C22H38N4O3/c1-24(18-7-3-2-4-8-18)13-6-14-26-17-22(29-21(26)28)10-15-25(16-11-22)20(27)19-9-5-12-23-19/h18-19,23H,2-17H2,1H3/t19-/m1/s1. The van der Waals surface area contributed by atoms with Gasteiger partial charge in [-0.3, -0.25) is 4.79 Å². The van der Waals surface area contributed by atoms with Gasteiger partial charge in [0.2, 0.25) is 5.91 Å². The molecule has 1 aliphatic carbocycles. The molecule has 29 heavy (non-hydrogen) atoms. The Bertz CT molecular complexity index is 579. The van der Waals surface area contributed by atoms with E-state index < -0.39 is 0 Å². The minimum atomic E-state index is -0.383. The molecule has 3 saturated heterocycles. The monoisotopic (exact) mass is 406 g/mol. The Morgan fingerprint density at radius 2 is 1.93 bits per heavy atom. The van der Waals surface area contributed by atoms with Crippen LogP contribution < -0.4 is 5.32 Å². The Kier molecular flexibility index (Phi) is 6.64.